The Kier molecular flexibility index (Phi) is 3.73. The molecule has 0 N–H and O–H groups in total. The number of methoxy groups -OCH3 is 1. The number of hydrogen-bond donors (Lipinski definition) is 0. The van der Waals surface area contributed by atoms with E-state index in [1.807, 2.05) is 60.7 Å². The molecule has 17 heavy (non-hydrogen) atoms. The van der Waals surface area contributed by atoms with Crippen molar-refractivity contribution in [3.8, 4) is 0 Å². The minimum Gasteiger partial charge on any atom is -0.365 e. The minimum atomic E-state index is 0.876. The molecule has 1 nitrogen and oxygen atoms in total. The van der Waals surface area contributed by atoms with E-state index in [0.29, 0.717) is 0 Å². The van der Waals surface area contributed by atoms with Crippen molar-refractivity contribution in [2.24, 2.45) is 0 Å². The average Bonchev–Trinajstić information content (AvgIpc) is 2.41. The molecule has 2 aromatic carbocycles. The molecule has 0 aromatic heterocycles. The quantitative estimate of drug-likeness (QED) is 0.763. The highest BCUT2D eigenvalue weighted by atomic mass is 16.5. The van der Waals surface area contributed by atoms with Gasteiger partial charge in [-0.15, -0.1) is 0 Å². The zero-order valence-corrected chi connectivity index (χ0v) is 9.89. The highest BCUT2D eigenvalue weighted by molar-refractivity contribution is 5.58. The van der Waals surface area contributed by atoms with Crippen LogP contribution in [0.5, 0.6) is 0 Å². The van der Waals surface area contributed by atoms with Crippen molar-refractivity contribution in [3.05, 3.63) is 84.0 Å². The van der Waals surface area contributed by atoms with Gasteiger partial charge in [-0.05, 0) is 16.7 Å². The smallest absolute Gasteiger partial charge is 0.156 e. The van der Waals surface area contributed by atoms with Crippen LogP contribution in [0.25, 0.3) is 6.08 Å². The first-order chi connectivity index (χ1) is 8.36. The standard InChI is InChI=1S/C16H15O/c1-3-13-9-7-8-12-15(13)16(17-2)14-10-5-4-6-11-14/h3-12H,1H2,2H3. The fourth-order valence-electron chi connectivity index (χ4n) is 1.85. The van der Waals surface area contributed by atoms with Gasteiger partial charge in [0.1, 0.15) is 0 Å². The van der Waals surface area contributed by atoms with E-state index in [9.17, 15) is 0 Å². The lowest BCUT2D eigenvalue weighted by atomic mass is 9.97. The van der Waals surface area contributed by atoms with Gasteiger partial charge in [-0.1, -0.05) is 67.3 Å². The van der Waals surface area contributed by atoms with Crippen LogP contribution in [0.15, 0.2) is 61.2 Å². The molecule has 0 saturated heterocycles. The summed E-state index contributed by atoms with van der Waals surface area (Å²) in [6.45, 7) is 3.83. The van der Waals surface area contributed by atoms with Crippen molar-refractivity contribution in [1.82, 2.24) is 0 Å². The predicted octanol–water partition coefficient (Wildman–Crippen LogP) is 3.90. The van der Waals surface area contributed by atoms with Gasteiger partial charge in [-0.25, -0.2) is 0 Å². The Hall–Kier alpha value is -1.86. The normalized spacial score (nSPS) is 10.5. The third kappa shape index (κ3) is 2.45. The van der Waals surface area contributed by atoms with Crippen LogP contribution in [0.4, 0.5) is 0 Å². The molecule has 0 aliphatic heterocycles. The van der Waals surface area contributed by atoms with Gasteiger partial charge in [0.05, 0.1) is 0 Å². The molecule has 0 aliphatic rings. The van der Waals surface area contributed by atoms with Crippen LogP contribution in [-0.2, 0) is 4.74 Å². The molecule has 1 radical (unpaired) electrons. The van der Waals surface area contributed by atoms with Gasteiger partial charge in [0.15, 0.2) is 6.10 Å². The van der Waals surface area contributed by atoms with Gasteiger partial charge in [-0.2, -0.15) is 0 Å². The zero-order chi connectivity index (χ0) is 12.1. The Morgan fingerprint density at radius 3 is 2.29 bits per heavy atom. The highest BCUT2D eigenvalue weighted by Crippen LogP contribution is 2.27. The fraction of sp³-hybridized carbons (Fsp3) is 0.0625. The van der Waals surface area contributed by atoms with Crippen molar-refractivity contribution >= 4 is 6.08 Å². The minimum absolute atomic E-state index is 0.876. The van der Waals surface area contributed by atoms with Gasteiger partial charge in [0.2, 0.25) is 0 Å². The van der Waals surface area contributed by atoms with Crippen molar-refractivity contribution in [2.45, 2.75) is 0 Å². The highest BCUT2D eigenvalue weighted by Gasteiger charge is 2.16. The second-order valence-electron chi connectivity index (χ2n) is 3.69. The Labute approximate surface area is 102 Å². The van der Waals surface area contributed by atoms with E-state index in [1.165, 1.54) is 0 Å². The SMILES string of the molecule is C=Cc1ccccc1[C](OC)c1ccccc1. The molecule has 0 spiro atoms. The average molecular weight is 223 g/mol. The van der Waals surface area contributed by atoms with Crippen molar-refractivity contribution in [2.75, 3.05) is 7.11 Å². The molecule has 0 atom stereocenters. The van der Waals surface area contributed by atoms with Gasteiger partial charge in [0, 0.05) is 7.11 Å². The Morgan fingerprint density at radius 2 is 1.65 bits per heavy atom. The van der Waals surface area contributed by atoms with Crippen LogP contribution >= 0.6 is 0 Å². The monoisotopic (exact) mass is 223 g/mol. The van der Waals surface area contributed by atoms with Crippen LogP contribution in [0, 0.1) is 6.10 Å². The van der Waals surface area contributed by atoms with Crippen LogP contribution in [0.1, 0.15) is 16.7 Å². The molecular formula is C16H15O. The topological polar surface area (TPSA) is 9.23 Å². The summed E-state index contributed by atoms with van der Waals surface area (Å²) < 4.78 is 5.53. The Balaban J connectivity index is 2.46. The van der Waals surface area contributed by atoms with E-state index < -0.39 is 0 Å². The summed E-state index contributed by atoms with van der Waals surface area (Å²) in [4.78, 5) is 0. The summed E-state index contributed by atoms with van der Waals surface area (Å²) in [5.41, 5.74) is 3.22. The van der Waals surface area contributed by atoms with Crippen molar-refractivity contribution in [1.29, 1.82) is 0 Å². The summed E-state index contributed by atoms with van der Waals surface area (Å²) in [5.74, 6) is 0. The molecule has 1 heteroatoms. The summed E-state index contributed by atoms with van der Waals surface area (Å²) in [6, 6.07) is 18.2. The van der Waals surface area contributed by atoms with Crippen LogP contribution < -0.4 is 0 Å². The predicted molar refractivity (Wildman–Crippen MR) is 71.4 cm³/mol. The van der Waals surface area contributed by atoms with E-state index in [0.717, 1.165) is 22.8 Å². The van der Waals surface area contributed by atoms with Crippen LogP contribution in [0.3, 0.4) is 0 Å². The summed E-state index contributed by atoms with van der Waals surface area (Å²) in [6.07, 6.45) is 2.72. The van der Waals surface area contributed by atoms with Crippen molar-refractivity contribution < 1.29 is 4.74 Å². The van der Waals surface area contributed by atoms with Crippen molar-refractivity contribution in [3.63, 3.8) is 0 Å². The van der Waals surface area contributed by atoms with E-state index >= 15 is 0 Å². The summed E-state index contributed by atoms with van der Waals surface area (Å²) in [7, 11) is 1.70. The lowest BCUT2D eigenvalue weighted by Crippen LogP contribution is -2.06. The second kappa shape index (κ2) is 5.46. The molecule has 2 aromatic rings. The maximum Gasteiger partial charge on any atom is 0.156 e. The molecule has 0 fully saturated rings. The Bertz CT molecular complexity index is 488. The van der Waals surface area contributed by atoms with Gasteiger partial charge >= 0.3 is 0 Å². The first kappa shape index (κ1) is 11.6. The molecule has 0 aliphatic carbocycles. The third-order valence-corrected chi connectivity index (χ3v) is 2.67. The van der Waals surface area contributed by atoms with Gasteiger partial charge in [-0.3, -0.25) is 0 Å². The molecule has 0 saturated carbocycles. The maximum absolute atomic E-state index is 5.53. The lowest BCUT2D eigenvalue weighted by molar-refractivity contribution is 0.248. The second-order valence-corrected chi connectivity index (χ2v) is 3.69. The molecule has 85 valence electrons. The first-order valence-corrected chi connectivity index (χ1v) is 5.55. The fourth-order valence-corrected chi connectivity index (χ4v) is 1.85. The number of benzene rings is 2. The van der Waals surface area contributed by atoms with Crippen LogP contribution in [0.2, 0.25) is 0 Å². The molecular weight excluding hydrogens is 208 g/mol. The number of ether oxygens (including phenoxy) is 1. The maximum atomic E-state index is 5.53. The third-order valence-electron chi connectivity index (χ3n) is 2.67. The van der Waals surface area contributed by atoms with E-state index in [-0.39, 0.29) is 0 Å². The number of hydrogen-bond acceptors (Lipinski definition) is 1. The van der Waals surface area contributed by atoms with Gasteiger partial charge < -0.3 is 4.74 Å². The lowest BCUT2D eigenvalue weighted by Gasteiger charge is -2.16. The molecule has 0 bridgehead atoms. The Morgan fingerprint density at radius 1 is 1.00 bits per heavy atom. The summed E-state index contributed by atoms with van der Waals surface area (Å²) in [5, 5.41) is 0. The first-order valence-electron chi connectivity index (χ1n) is 5.55. The van der Waals surface area contributed by atoms with E-state index in [1.54, 1.807) is 7.11 Å². The van der Waals surface area contributed by atoms with E-state index in [2.05, 4.69) is 6.58 Å². The molecule has 0 heterocycles. The van der Waals surface area contributed by atoms with E-state index in [4.69, 9.17) is 4.74 Å². The number of rotatable bonds is 4. The zero-order valence-electron chi connectivity index (χ0n) is 9.89. The largest absolute Gasteiger partial charge is 0.365 e. The van der Waals surface area contributed by atoms with Crippen LogP contribution in [-0.4, -0.2) is 7.11 Å². The molecule has 0 amide bonds. The molecule has 0 unspecified atom stereocenters. The summed E-state index contributed by atoms with van der Waals surface area (Å²) >= 11 is 0. The molecule has 2 rings (SSSR count). The van der Waals surface area contributed by atoms with Gasteiger partial charge in [0.25, 0.3) is 0 Å².